The SMILES string of the molecule is O=C(O)c1cccnc1Sc1nnc2n1CCCCC2. The normalized spacial score (nSPS) is 14.6. The van der Waals surface area contributed by atoms with Crippen LogP contribution in [-0.2, 0) is 13.0 Å². The molecule has 0 spiro atoms. The lowest BCUT2D eigenvalue weighted by Gasteiger charge is -2.07. The summed E-state index contributed by atoms with van der Waals surface area (Å²) in [4.78, 5) is 15.3. The van der Waals surface area contributed by atoms with E-state index in [9.17, 15) is 9.90 Å². The van der Waals surface area contributed by atoms with Crippen molar-refractivity contribution in [2.75, 3.05) is 0 Å². The molecule has 2 aromatic heterocycles. The first-order valence-corrected chi connectivity index (χ1v) is 7.35. The number of nitrogens with zero attached hydrogens (tertiary/aromatic N) is 4. The van der Waals surface area contributed by atoms with Gasteiger partial charge in [0.15, 0.2) is 5.16 Å². The van der Waals surface area contributed by atoms with Gasteiger partial charge in [-0.2, -0.15) is 0 Å². The van der Waals surface area contributed by atoms with Crippen molar-refractivity contribution in [1.29, 1.82) is 0 Å². The number of aromatic carboxylic acids is 1. The molecule has 0 bridgehead atoms. The smallest absolute Gasteiger partial charge is 0.338 e. The van der Waals surface area contributed by atoms with Crippen molar-refractivity contribution in [2.45, 2.75) is 42.4 Å². The summed E-state index contributed by atoms with van der Waals surface area (Å²) >= 11 is 1.27. The second-order valence-electron chi connectivity index (χ2n) is 4.62. The molecule has 104 valence electrons. The van der Waals surface area contributed by atoms with E-state index in [1.54, 1.807) is 18.3 Å². The van der Waals surface area contributed by atoms with Gasteiger partial charge < -0.3 is 9.67 Å². The minimum absolute atomic E-state index is 0.198. The number of aryl methyl sites for hydroxylation is 1. The minimum atomic E-state index is -0.976. The van der Waals surface area contributed by atoms with Crippen molar-refractivity contribution in [3.8, 4) is 0 Å². The average Bonchev–Trinajstić information content (AvgIpc) is 2.68. The van der Waals surface area contributed by atoms with E-state index < -0.39 is 5.97 Å². The summed E-state index contributed by atoms with van der Waals surface area (Å²) in [6, 6.07) is 3.18. The van der Waals surface area contributed by atoms with E-state index in [2.05, 4.69) is 19.7 Å². The van der Waals surface area contributed by atoms with Gasteiger partial charge in [-0.25, -0.2) is 9.78 Å². The van der Waals surface area contributed by atoms with Crippen molar-refractivity contribution < 1.29 is 9.90 Å². The van der Waals surface area contributed by atoms with Gasteiger partial charge in [-0.1, -0.05) is 6.42 Å². The number of aromatic nitrogens is 4. The maximum Gasteiger partial charge on any atom is 0.338 e. The van der Waals surface area contributed by atoms with Crippen molar-refractivity contribution in [2.24, 2.45) is 0 Å². The average molecular weight is 290 g/mol. The highest BCUT2D eigenvalue weighted by molar-refractivity contribution is 7.99. The van der Waals surface area contributed by atoms with Gasteiger partial charge in [0.05, 0.1) is 5.56 Å². The molecule has 20 heavy (non-hydrogen) atoms. The third-order valence-electron chi connectivity index (χ3n) is 3.27. The summed E-state index contributed by atoms with van der Waals surface area (Å²) in [6.45, 7) is 0.889. The lowest BCUT2D eigenvalue weighted by atomic mass is 10.2. The number of carboxylic acids is 1. The molecule has 3 rings (SSSR count). The number of carboxylic acid groups (broad SMARTS) is 1. The van der Waals surface area contributed by atoms with Gasteiger partial charge in [0.25, 0.3) is 0 Å². The Labute approximate surface area is 120 Å². The summed E-state index contributed by atoms with van der Waals surface area (Å²) in [5.41, 5.74) is 0.198. The summed E-state index contributed by atoms with van der Waals surface area (Å²) < 4.78 is 2.08. The van der Waals surface area contributed by atoms with Gasteiger partial charge in [0.2, 0.25) is 0 Å². The van der Waals surface area contributed by atoms with Crippen molar-refractivity contribution >= 4 is 17.7 Å². The third-order valence-corrected chi connectivity index (χ3v) is 4.27. The Morgan fingerprint density at radius 3 is 3.05 bits per heavy atom. The van der Waals surface area contributed by atoms with Gasteiger partial charge in [-0.15, -0.1) is 10.2 Å². The van der Waals surface area contributed by atoms with Gasteiger partial charge in [0.1, 0.15) is 10.9 Å². The summed E-state index contributed by atoms with van der Waals surface area (Å²) in [5, 5.41) is 18.7. The first-order valence-electron chi connectivity index (χ1n) is 6.54. The van der Waals surface area contributed by atoms with Gasteiger partial charge in [0, 0.05) is 19.2 Å². The molecule has 0 aliphatic carbocycles. The first-order chi connectivity index (χ1) is 9.75. The lowest BCUT2D eigenvalue weighted by molar-refractivity contribution is 0.0692. The Bertz CT molecular complexity index is 641. The zero-order valence-corrected chi connectivity index (χ0v) is 11.6. The molecule has 0 unspecified atom stereocenters. The maximum atomic E-state index is 11.2. The Morgan fingerprint density at radius 2 is 2.20 bits per heavy atom. The largest absolute Gasteiger partial charge is 0.478 e. The van der Waals surface area contributed by atoms with E-state index in [1.807, 2.05) is 0 Å². The summed E-state index contributed by atoms with van der Waals surface area (Å²) in [7, 11) is 0. The molecule has 7 heteroatoms. The monoisotopic (exact) mass is 290 g/mol. The van der Waals surface area contributed by atoms with Crippen molar-refractivity contribution in [1.82, 2.24) is 19.7 Å². The molecule has 6 nitrogen and oxygen atoms in total. The Balaban J connectivity index is 1.92. The van der Waals surface area contributed by atoms with Crippen molar-refractivity contribution in [3.63, 3.8) is 0 Å². The molecule has 0 fully saturated rings. The number of carbonyl (C=O) groups is 1. The highest BCUT2D eigenvalue weighted by Crippen LogP contribution is 2.29. The summed E-state index contributed by atoms with van der Waals surface area (Å²) in [5.74, 6) is 0.00834. The zero-order chi connectivity index (χ0) is 13.9. The molecule has 0 saturated carbocycles. The van der Waals surface area contributed by atoms with Crippen LogP contribution in [0.1, 0.15) is 35.4 Å². The van der Waals surface area contributed by atoms with Crippen LogP contribution in [-0.4, -0.2) is 30.8 Å². The maximum absolute atomic E-state index is 11.2. The fourth-order valence-electron chi connectivity index (χ4n) is 2.26. The number of hydrogen-bond acceptors (Lipinski definition) is 5. The number of rotatable bonds is 3. The Hall–Kier alpha value is -1.89. The highest BCUT2D eigenvalue weighted by Gasteiger charge is 2.19. The molecule has 2 aromatic rings. The fourth-order valence-corrected chi connectivity index (χ4v) is 3.20. The second-order valence-corrected chi connectivity index (χ2v) is 5.58. The molecular weight excluding hydrogens is 276 g/mol. The fraction of sp³-hybridized carbons (Fsp3) is 0.385. The zero-order valence-electron chi connectivity index (χ0n) is 10.8. The van der Waals surface area contributed by atoms with Crippen LogP contribution in [0.3, 0.4) is 0 Å². The molecule has 0 atom stereocenters. The van der Waals surface area contributed by atoms with E-state index in [0.29, 0.717) is 5.03 Å². The van der Waals surface area contributed by atoms with Crippen LogP contribution >= 0.6 is 11.8 Å². The standard InChI is InChI=1S/C13H14N4O2S/c18-12(19)9-5-4-7-14-11(9)20-13-16-15-10-6-2-1-3-8-17(10)13/h4-5,7H,1-3,6,8H2,(H,18,19). The number of pyridine rings is 1. The summed E-state index contributed by atoms with van der Waals surface area (Å²) in [6.07, 6.45) is 5.95. The van der Waals surface area contributed by atoms with Gasteiger partial charge in [-0.05, 0) is 36.7 Å². The third kappa shape index (κ3) is 2.53. The van der Waals surface area contributed by atoms with E-state index in [-0.39, 0.29) is 5.56 Å². The van der Waals surface area contributed by atoms with Crippen LogP contribution < -0.4 is 0 Å². The predicted octanol–water partition coefficient (Wildman–Crippen LogP) is 2.25. The Morgan fingerprint density at radius 1 is 1.30 bits per heavy atom. The van der Waals surface area contributed by atoms with E-state index in [4.69, 9.17) is 0 Å². The van der Waals surface area contributed by atoms with Crippen molar-refractivity contribution in [3.05, 3.63) is 29.7 Å². The van der Waals surface area contributed by atoms with Crippen LogP contribution in [0.25, 0.3) is 0 Å². The van der Waals surface area contributed by atoms with Gasteiger partial charge in [-0.3, -0.25) is 0 Å². The van der Waals surface area contributed by atoms with Gasteiger partial charge >= 0.3 is 5.97 Å². The Kier molecular flexibility index (Phi) is 3.68. The molecular formula is C13H14N4O2S. The molecule has 1 aliphatic rings. The molecule has 1 N–H and O–H groups in total. The topological polar surface area (TPSA) is 80.9 Å². The van der Waals surface area contributed by atoms with Crippen LogP contribution in [0, 0.1) is 0 Å². The lowest BCUT2D eigenvalue weighted by Crippen LogP contribution is -2.04. The molecule has 1 aliphatic heterocycles. The minimum Gasteiger partial charge on any atom is -0.478 e. The number of hydrogen-bond donors (Lipinski definition) is 1. The van der Waals surface area contributed by atoms with E-state index >= 15 is 0 Å². The van der Waals surface area contributed by atoms with Crippen LogP contribution in [0.15, 0.2) is 28.5 Å². The molecule has 0 amide bonds. The first kappa shape index (κ1) is 13.1. The van der Waals surface area contributed by atoms with Crippen LogP contribution in [0.4, 0.5) is 0 Å². The highest BCUT2D eigenvalue weighted by atomic mass is 32.2. The van der Waals surface area contributed by atoms with E-state index in [1.165, 1.54) is 18.2 Å². The van der Waals surface area contributed by atoms with Crippen LogP contribution in [0.2, 0.25) is 0 Å². The quantitative estimate of drug-likeness (QED) is 0.933. The van der Waals surface area contributed by atoms with Crippen LogP contribution in [0.5, 0.6) is 0 Å². The second kappa shape index (κ2) is 5.62. The molecule has 0 saturated heterocycles. The molecule has 0 aromatic carbocycles. The number of fused-ring (bicyclic) bond motifs is 1. The molecule has 0 radical (unpaired) electrons. The predicted molar refractivity (Wildman–Crippen MR) is 72.9 cm³/mol. The van der Waals surface area contributed by atoms with E-state index in [0.717, 1.165) is 36.8 Å². The molecule has 3 heterocycles.